The average Bonchev–Trinajstić information content (AvgIpc) is 1.61. The second-order valence-electron chi connectivity index (χ2n) is 0.810. The normalized spacial score (nSPS) is 10.3. The molecule has 0 aromatic heterocycles. The molecule has 7 heavy (non-hydrogen) atoms. The summed E-state index contributed by atoms with van der Waals surface area (Å²) >= 11 is 0.957. The molecule has 0 rings (SSSR count). The lowest BCUT2D eigenvalue weighted by Crippen LogP contribution is -1.82. The van der Waals surface area contributed by atoms with E-state index in [-0.39, 0.29) is 6.61 Å². The third-order valence-corrected chi connectivity index (χ3v) is 2.13. The Morgan fingerprint density at radius 2 is 2.00 bits per heavy atom. The van der Waals surface area contributed by atoms with Crippen molar-refractivity contribution in [2.24, 2.45) is 0 Å². The second-order valence-corrected chi connectivity index (χ2v) is 3.74. The van der Waals surface area contributed by atoms with Crippen molar-refractivity contribution in [2.45, 2.75) is 0 Å². The van der Waals surface area contributed by atoms with Crippen molar-refractivity contribution in [2.75, 3.05) is 12.4 Å². The van der Waals surface area contributed by atoms with Gasteiger partial charge in [-0.2, -0.15) is 0 Å². The molecular weight excluding hydrogens is 135 g/mol. The zero-order valence-electron chi connectivity index (χ0n) is 3.61. The Labute approximate surface area is 47.0 Å². The Balaban J connectivity index is 2.68. The highest BCUT2D eigenvalue weighted by molar-refractivity contribution is 8.52. The minimum Gasteiger partial charge on any atom is -0.396 e. The van der Waals surface area contributed by atoms with Crippen LogP contribution in [0, 0.1) is 0 Å². The summed E-state index contributed by atoms with van der Waals surface area (Å²) in [4.78, 5) is 16.3. The van der Waals surface area contributed by atoms with E-state index in [1.807, 2.05) is 0 Å². The van der Waals surface area contributed by atoms with E-state index in [1.54, 1.807) is 0 Å². The second kappa shape index (κ2) is 4.81. The van der Waals surface area contributed by atoms with Crippen molar-refractivity contribution >= 4 is 19.0 Å². The molecule has 0 saturated heterocycles. The Hall–Kier alpha value is 0.660. The van der Waals surface area contributed by atoms with Crippen molar-refractivity contribution in [3.05, 3.63) is 0 Å². The number of rotatable bonds is 3. The Morgan fingerprint density at radius 3 is 2.14 bits per heavy atom. The van der Waals surface area contributed by atoms with Gasteiger partial charge in [0.25, 0.3) is 0 Å². The van der Waals surface area contributed by atoms with Crippen molar-refractivity contribution in [1.29, 1.82) is 0 Å². The van der Waals surface area contributed by atoms with E-state index >= 15 is 0 Å². The fourth-order valence-electron chi connectivity index (χ4n) is 0.122. The zero-order valence-corrected chi connectivity index (χ0v) is 5.32. The summed E-state index contributed by atoms with van der Waals surface area (Å²) in [6, 6.07) is 0. The lowest BCUT2D eigenvalue weighted by Gasteiger charge is -1.95. The quantitative estimate of drug-likeness (QED) is 0.482. The van der Waals surface area contributed by atoms with E-state index < -0.39 is 7.58 Å². The molecule has 3 N–H and O–H groups in total. The molecule has 0 spiro atoms. The molecule has 0 saturated carbocycles. The van der Waals surface area contributed by atoms with Crippen molar-refractivity contribution < 1.29 is 14.9 Å². The highest BCUT2D eigenvalue weighted by Crippen LogP contribution is 2.39. The van der Waals surface area contributed by atoms with Crippen LogP contribution in [0.15, 0.2) is 0 Å². The number of hydrogen-bond acceptors (Lipinski definition) is 4. The smallest absolute Gasteiger partial charge is 0.232 e. The molecule has 0 heterocycles. The van der Waals surface area contributed by atoms with Gasteiger partial charge in [-0.05, 0) is 0 Å². The molecule has 0 radical (unpaired) electrons. The van der Waals surface area contributed by atoms with Gasteiger partial charge in [0.1, 0.15) is 0 Å². The molecule has 0 aliphatic carbocycles. The summed E-state index contributed by atoms with van der Waals surface area (Å²) in [6.07, 6.45) is 0. The van der Waals surface area contributed by atoms with Gasteiger partial charge in [0.05, 0.1) is 6.61 Å². The Bertz CT molecular complexity index is 41.9. The molecule has 0 unspecified atom stereocenters. The molecule has 3 nitrogen and oxygen atoms in total. The summed E-state index contributed by atoms with van der Waals surface area (Å²) < 4.78 is 0. The summed E-state index contributed by atoms with van der Waals surface area (Å²) in [5, 5.41) is 8.08. The Kier molecular flexibility index (Phi) is 5.26. The minimum absolute atomic E-state index is 0.00458. The van der Waals surface area contributed by atoms with E-state index in [4.69, 9.17) is 14.9 Å². The monoisotopic (exact) mass is 142 g/mol. The van der Waals surface area contributed by atoms with Gasteiger partial charge >= 0.3 is 0 Å². The molecule has 0 bridgehead atoms. The maximum Gasteiger partial charge on any atom is 0.232 e. The van der Waals surface area contributed by atoms with E-state index in [1.165, 1.54) is 0 Å². The van der Waals surface area contributed by atoms with Crippen molar-refractivity contribution in [3.8, 4) is 0 Å². The fourth-order valence-corrected chi connectivity index (χ4v) is 1.10. The lowest BCUT2D eigenvalue weighted by molar-refractivity contribution is 0.322. The zero-order chi connectivity index (χ0) is 5.70. The molecule has 0 aromatic carbocycles. The van der Waals surface area contributed by atoms with Gasteiger partial charge in [-0.25, -0.2) is 0 Å². The average molecular weight is 142 g/mol. The maximum atomic E-state index is 8.16. The van der Waals surface area contributed by atoms with Crippen molar-refractivity contribution in [1.82, 2.24) is 0 Å². The maximum absolute atomic E-state index is 8.16. The van der Waals surface area contributed by atoms with Gasteiger partial charge in [-0.3, -0.25) is 0 Å². The van der Waals surface area contributed by atoms with E-state index in [9.17, 15) is 0 Å². The van der Waals surface area contributed by atoms with Gasteiger partial charge in [0, 0.05) is 5.75 Å². The van der Waals surface area contributed by atoms with Gasteiger partial charge in [-0.1, -0.05) is 11.4 Å². The highest BCUT2D eigenvalue weighted by atomic mass is 32.7. The standard InChI is InChI=1S/C2H7O3PS/c3-1-2-7-6(4)5/h3-5H,1-2H2. The van der Waals surface area contributed by atoms with Crippen molar-refractivity contribution in [3.63, 3.8) is 0 Å². The lowest BCUT2D eigenvalue weighted by atomic mass is 10.9. The van der Waals surface area contributed by atoms with Crippen LogP contribution in [0.5, 0.6) is 0 Å². The molecule has 0 aromatic rings. The third-order valence-electron chi connectivity index (χ3n) is 0.298. The van der Waals surface area contributed by atoms with Gasteiger partial charge in [-0.15, -0.1) is 0 Å². The topological polar surface area (TPSA) is 60.7 Å². The van der Waals surface area contributed by atoms with Crippen LogP contribution >= 0.6 is 19.0 Å². The highest BCUT2D eigenvalue weighted by Gasteiger charge is 1.94. The number of aliphatic hydroxyl groups excluding tert-OH is 1. The third kappa shape index (κ3) is 6.66. The van der Waals surface area contributed by atoms with Gasteiger partial charge in [0.15, 0.2) is 0 Å². The largest absolute Gasteiger partial charge is 0.396 e. The van der Waals surface area contributed by atoms with Crippen LogP contribution in [-0.4, -0.2) is 27.3 Å². The van der Waals surface area contributed by atoms with Gasteiger partial charge in [0.2, 0.25) is 7.58 Å². The SMILES string of the molecule is OCCSP(O)O. The molecule has 0 fully saturated rings. The fraction of sp³-hybridized carbons (Fsp3) is 1.00. The predicted octanol–water partition coefficient (Wildman–Crippen LogP) is -0.0766. The molecule has 5 heteroatoms. The van der Waals surface area contributed by atoms with E-state index in [2.05, 4.69) is 0 Å². The molecule has 0 aliphatic heterocycles. The van der Waals surface area contributed by atoms with Crippen LogP contribution in [0.3, 0.4) is 0 Å². The van der Waals surface area contributed by atoms with E-state index in [0.717, 1.165) is 11.4 Å². The summed E-state index contributed by atoms with van der Waals surface area (Å²) in [6.45, 7) is 0.00458. The van der Waals surface area contributed by atoms with Crippen LogP contribution in [0.25, 0.3) is 0 Å². The van der Waals surface area contributed by atoms with Crippen LogP contribution in [-0.2, 0) is 0 Å². The molecule has 44 valence electrons. The number of aliphatic hydroxyl groups is 1. The molecule has 0 aliphatic rings. The summed E-state index contributed by atoms with van der Waals surface area (Å²) in [5.74, 6) is 0.401. The summed E-state index contributed by atoms with van der Waals surface area (Å²) in [5.41, 5.74) is 0. The Morgan fingerprint density at radius 1 is 1.43 bits per heavy atom. The predicted molar refractivity (Wildman–Crippen MR) is 30.9 cm³/mol. The summed E-state index contributed by atoms with van der Waals surface area (Å²) in [7, 11) is -1.85. The molecular formula is C2H7O3PS. The van der Waals surface area contributed by atoms with Crippen LogP contribution < -0.4 is 0 Å². The number of hydrogen-bond donors (Lipinski definition) is 3. The van der Waals surface area contributed by atoms with Crippen LogP contribution in [0.4, 0.5) is 0 Å². The first-order valence-corrected chi connectivity index (χ1v) is 4.53. The molecule has 0 atom stereocenters. The first-order chi connectivity index (χ1) is 3.27. The van der Waals surface area contributed by atoms with Crippen LogP contribution in [0.2, 0.25) is 0 Å². The van der Waals surface area contributed by atoms with Gasteiger partial charge < -0.3 is 14.9 Å². The van der Waals surface area contributed by atoms with Crippen LogP contribution in [0.1, 0.15) is 0 Å². The molecule has 0 amide bonds. The first-order valence-electron chi connectivity index (χ1n) is 1.69. The van der Waals surface area contributed by atoms with E-state index in [0.29, 0.717) is 5.75 Å². The minimum atomic E-state index is -1.85. The first kappa shape index (κ1) is 7.66.